The van der Waals surface area contributed by atoms with E-state index in [-0.39, 0.29) is 6.54 Å². The Hall–Kier alpha value is -2.91. The monoisotopic (exact) mass is 436 g/mol. The molecule has 5 nitrogen and oxygen atoms in total. The maximum absolute atomic E-state index is 13.5. The zero-order chi connectivity index (χ0) is 21.8. The lowest BCUT2D eigenvalue weighted by Gasteiger charge is -2.28. The highest BCUT2D eigenvalue weighted by Crippen LogP contribution is 2.42. The summed E-state index contributed by atoms with van der Waals surface area (Å²) in [4.78, 5) is 16.0. The van der Waals surface area contributed by atoms with Crippen molar-refractivity contribution >= 4 is 17.2 Å². The first-order valence-corrected chi connectivity index (χ1v) is 9.86. The number of thiazole rings is 1. The summed E-state index contributed by atoms with van der Waals surface area (Å²) >= 11 is 0.662. The molecule has 2 aromatic carbocycles. The minimum absolute atomic E-state index is 0.0628. The number of aryl methyl sites for hydroxylation is 1. The zero-order valence-electron chi connectivity index (χ0n) is 15.9. The van der Waals surface area contributed by atoms with Gasteiger partial charge in [0.1, 0.15) is 16.5 Å². The van der Waals surface area contributed by atoms with E-state index in [0.29, 0.717) is 34.1 Å². The van der Waals surface area contributed by atoms with Crippen molar-refractivity contribution in [3.63, 3.8) is 0 Å². The average molecular weight is 436 g/mol. The number of halogens is 3. The summed E-state index contributed by atoms with van der Waals surface area (Å²) in [5.74, 6) is 0.0877. The van der Waals surface area contributed by atoms with E-state index in [1.165, 1.54) is 12.3 Å². The van der Waals surface area contributed by atoms with Gasteiger partial charge in [0.05, 0.1) is 6.42 Å². The summed E-state index contributed by atoms with van der Waals surface area (Å²) in [5.41, 5.74) is -2.43. The number of nitrogens with zero attached hydrogens (tertiary/aromatic N) is 1. The van der Waals surface area contributed by atoms with Crippen LogP contribution in [0.25, 0.3) is 0 Å². The molecule has 1 heterocycles. The Bertz CT molecular complexity index is 1010. The molecule has 0 aliphatic heterocycles. The number of amides is 1. The second-order valence-corrected chi connectivity index (χ2v) is 7.49. The maximum atomic E-state index is 13.5. The van der Waals surface area contributed by atoms with Crippen LogP contribution in [0, 0.1) is 6.92 Å². The molecule has 0 unspecified atom stereocenters. The largest absolute Gasteiger partial charge is 0.457 e. The van der Waals surface area contributed by atoms with Crippen molar-refractivity contribution < 1.29 is 27.8 Å². The van der Waals surface area contributed by atoms with Crippen LogP contribution in [0.1, 0.15) is 22.7 Å². The van der Waals surface area contributed by atoms with E-state index in [9.17, 15) is 23.1 Å². The van der Waals surface area contributed by atoms with E-state index in [4.69, 9.17) is 4.74 Å². The van der Waals surface area contributed by atoms with Crippen LogP contribution < -0.4 is 10.1 Å². The number of nitrogens with one attached hydrogen (secondary N) is 1. The van der Waals surface area contributed by atoms with E-state index < -0.39 is 29.1 Å². The molecule has 0 saturated carbocycles. The molecule has 1 aromatic heterocycles. The smallest absolute Gasteiger partial charge is 0.424 e. The van der Waals surface area contributed by atoms with Crippen LogP contribution in [-0.2, 0) is 16.9 Å². The third kappa shape index (κ3) is 4.98. The van der Waals surface area contributed by atoms with Gasteiger partial charge in [-0.25, -0.2) is 4.98 Å². The highest BCUT2D eigenvalue weighted by atomic mass is 32.1. The van der Waals surface area contributed by atoms with Crippen molar-refractivity contribution in [3.05, 3.63) is 76.2 Å². The number of aromatic nitrogens is 1. The molecule has 0 aliphatic rings. The molecule has 2 N–H and O–H groups in total. The Morgan fingerprint density at radius 1 is 1.13 bits per heavy atom. The molecule has 30 heavy (non-hydrogen) atoms. The number of carbonyl (C=O) groups is 1. The first kappa shape index (κ1) is 21.8. The Labute approximate surface area is 175 Å². The second kappa shape index (κ2) is 8.85. The molecule has 0 spiro atoms. The molecular formula is C21H19F3N2O3S. The lowest BCUT2D eigenvalue weighted by Crippen LogP contribution is -2.46. The Kier molecular flexibility index (Phi) is 6.42. The summed E-state index contributed by atoms with van der Waals surface area (Å²) in [6, 6.07) is 15.8. The number of hydrogen-bond acceptors (Lipinski definition) is 5. The van der Waals surface area contributed by atoms with Crippen molar-refractivity contribution in [1.82, 2.24) is 10.3 Å². The molecule has 9 heteroatoms. The van der Waals surface area contributed by atoms with Crippen molar-refractivity contribution in [2.75, 3.05) is 0 Å². The number of hydrogen-bond donors (Lipinski definition) is 2. The van der Waals surface area contributed by atoms with E-state index in [1.54, 1.807) is 48.5 Å². The number of ether oxygens (including phenoxy) is 1. The SMILES string of the molecule is Cc1csc([C@@](O)(CC(=O)NCc2ccccc2Oc2ccccc2)C(F)(F)F)n1. The minimum atomic E-state index is -5.05. The van der Waals surface area contributed by atoms with E-state index in [2.05, 4.69) is 10.3 Å². The lowest BCUT2D eigenvalue weighted by atomic mass is 9.99. The van der Waals surface area contributed by atoms with E-state index in [1.807, 2.05) is 6.07 Å². The van der Waals surface area contributed by atoms with Gasteiger partial charge in [0, 0.05) is 23.2 Å². The Morgan fingerprint density at radius 3 is 2.43 bits per heavy atom. The van der Waals surface area contributed by atoms with Crippen LogP contribution in [-0.4, -0.2) is 22.2 Å². The van der Waals surface area contributed by atoms with Crippen LogP contribution >= 0.6 is 11.3 Å². The van der Waals surface area contributed by atoms with Gasteiger partial charge >= 0.3 is 6.18 Å². The van der Waals surface area contributed by atoms with Crippen LogP contribution in [0.3, 0.4) is 0 Å². The standard InChI is InChI=1S/C21H19F3N2O3S/c1-14-13-30-19(26-14)20(28,21(22,23)24)11-18(27)25-12-15-7-5-6-10-17(15)29-16-8-3-2-4-9-16/h2-10,13,28H,11-12H2,1H3,(H,25,27)/t20-/m0/s1. The predicted molar refractivity (Wildman–Crippen MR) is 106 cm³/mol. The van der Waals surface area contributed by atoms with Crippen molar-refractivity contribution in [2.45, 2.75) is 31.7 Å². The molecule has 1 amide bonds. The zero-order valence-corrected chi connectivity index (χ0v) is 16.8. The first-order valence-electron chi connectivity index (χ1n) is 8.98. The average Bonchev–Trinajstić information content (AvgIpc) is 3.14. The molecule has 0 fully saturated rings. The van der Waals surface area contributed by atoms with Crippen molar-refractivity contribution in [1.29, 1.82) is 0 Å². The molecule has 0 aliphatic carbocycles. The number of alkyl halides is 3. The second-order valence-electron chi connectivity index (χ2n) is 6.63. The fourth-order valence-electron chi connectivity index (χ4n) is 2.69. The first-order chi connectivity index (χ1) is 14.2. The number of para-hydroxylation sites is 2. The van der Waals surface area contributed by atoms with Gasteiger partial charge in [-0.3, -0.25) is 4.79 Å². The van der Waals surface area contributed by atoms with Crippen molar-refractivity contribution in [2.24, 2.45) is 0 Å². The fraction of sp³-hybridized carbons (Fsp3) is 0.238. The van der Waals surface area contributed by atoms with Gasteiger partial charge in [-0.15, -0.1) is 11.3 Å². The van der Waals surface area contributed by atoms with Gasteiger partial charge in [0.15, 0.2) is 0 Å². The number of rotatable bonds is 7. The van der Waals surface area contributed by atoms with E-state index in [0.717, 1.165) is 0 Å². The third-order valence-electron chi connectivity index (χ3n) is 4.28. The molecule has 0 bridgehead atoms. The molecule has 3 rings (SSSR count). The van der Waals surface area contributed by atoms with Crippen LogP contribution in [0.2, 0.25) is 0 Å². The highest BCUT2D eigenvalue weighted by molar-refractivity contribution is 7.09. The topological polar surface area (TPSA) is 71.5 Å². The number of carbonyl (C=O) groups excluding carboxylic acids is 1. The minimum Gasteiger partial charge on any atom is -0.457 e. The number of benzene rings is 2. The van der Waals surface area contributed by atoms with E-state index >= 15 is 0 Å². The summed E-state index contributed by atoms with van der Waals surface area (Å²) in [7, 11) is 0. The summed E-state index contributed by atoms with van der Waals surface area (Å²) in [6.45, 7) is 1.45. The molecule has 158 valence electrons. The summed E-state index contributed by atoms with van der Waals surface area (Å²) < 4.78 is 46.4. The van der Waals surface area contributed by atoms with Gasteiger partial charge in [-0.2, -0.15) is 13.2 Å². The quantitative estimate of drug-likeness (QED) is 0.563. The van der Waals surface area contributed by atoms with Gasteiger partial charge < -0.3 is 15.2 Å². The third-order valence-corrected chi connectivity index (χ3v) is 5.39. The molecule has 3 aromatic rings. The number of aliphatic hydroxyl groups is 1. The predicted octanol–water partition coefficient (Wildman–Crippen LogP) is 4.70. The molecular weight excluding hydrogens is 417 g/mol. The lowest BCUT2D eigenvalue weighted by molar-refractivity contribution is -0.267. The normalized spacial score (nSPS) is 13.5. The molecule has 1 atom stereocenters. The Morgan fingerprint density at radius 2 is 1.80 bits per heavy atom. The van der Waals surface area contributed by atoms with Gasteiger partial charge in [0.2, 0.25) is 11.5 Å². The van der Waals surface area contributed by atoms with Crippen LogP contribution in [0.4, 0.5) is 13.2 Å². The van der Waals surface area contributed by atoms with Crippen LogP contribution in [0.5, 0.6) is 11.5 Å². The summed E-state index contributed by atoms with van der Waals surface area (Å²) in [6.07, 6.45) is -6.24. The Balaban J connectivity index is 1.71. The van der Waals surface area contributed by atoms with Crippen LogP contribution in [0.15, 0.2) is 60.0 Å². The molecule has 0 radical (unpaired) electrons. The fourth-order valence-corrected chi connectivity index (χ4v) is 3.61. The van der Waals surface area contributed by atoms with Crippen molar-refractivity contribution in [3.8, 4) is 11.5 Å². The maximum Gasteiger partial charge on any atom is 0.424 e. The van der Waals surface area contributed by atoms with Gasteiger partial charge in [-0.05, 0) is 25.1 Å². The van der Waals surface area contributed by atoms with Gasteiger partial charge in [0.25, 0.3) is 0 Å². The highest BCUT2D eigenvalue weighted by Gasteiger charge is 2.58. The summed E-state index contributed by atoms with van der Waals surface area (Å²) in [5, 5.41) is 13.5. The van der Waals surface area contributed by atoms with Gasteiger partial charge in [-0.1, -0.05) is 36.4 Å². The molecule has 0 saturated heterocycles.